The quantitative estimate of drug-likeness (QED) is 0.768. The fourth-order valence-electron chi connectivity index (χ4n) is 1.06. The molecule has 13 heavy (non-hydrogen) atoms. The second-order valence-corrected chi connectivity index (χ2v) is 5.16. The molecule has 0 amide bonds. The highest BCUT2D eigenvalue weighted by Crippen LogP contribution is 2.40. The number of hydrogen-bond donors (Lipinski definition) is 1. The number of aliphatic hydroxyl groups excluding tert-OH is 1. The second kappa shape index (κ2) is 3.65. The van der Waals surface area contributed by atoms with Gasteiger partial charge in [0.25, 0.3) is 0 Å². The van der Waals surface area contributed by atoms with Gasteiger partial charge in [-0.25, -0.2) is 0 Å². The Labute approximate surface area is 91.2 Å². The maximum Gasteiger partial charge on any atom is 0.220 e. The van der Waals surface area contributed by atoms with Crippen LogP contribution in [0.5, 0.6) is 0 Å². The van der Waals surface area contributed by atoms with Crippen molar-refractivity contribution in [3.63, 3.8) is 0 Å². The Morgan fingerprint density at radius 3 is 2.38 bits per heavy atom. The maximum absolute atomic E-state index is 9.60. The summed E-state index contributed by atoms with van der Waals surface area (Å²) in [5.41, 5.74) is 1.18. The lowest BCUT2D eigenvalue weighted by molar-refractivity contribution is 0.181. The number of nitrogens with zero attached hydrogens (tertiary/aromatic N) is 2. The lowest BCUT2D eigenvalue weighted by Crippen LogP contribution is -2.16. The molecule has 0 saturated heterocycles. The molecule has 1 rings (SSSR count). The van der Waals surface area contributed by atoms with E-state index in [1.165, 1.54) is 0 Å². The number of hydrogen-bond acceptors (Lipinski definition) is 2. The maximum atomic E-state index is 9.60. The van der Waals surface area contributed by atoms with Crippen LogP contribution in [0.2, 0.25) is 0 Å². The van der Waals surface area contributed by atoms with Gasteiger partial charge in [0, 0.05) is 18.8 Å². The second-order valence-electron chi connectivity index (χ2n) is 2.79. The molecule has 0 bridgehead atoms. The van der Waals surface area contributed by atoms with Crippen LogP contribution < -0.4 is 0 Å². The minimum atomic E-state index is -1.71. The molecule has 0 aromatic carbocycles. The van der Waals surface area contributed by atoms with Crippen LogP contribution in [-0.2, 0) is 7.05 Å². The summed E-state index contributed by atoms with van der Waals surface area (Å²) in [5, 5.41) is 13.6. The van der Waals surface area contributed by atoms with E-state index >= 15 is 0 Å². The predicted molar refractivity (Wildman–Crippen MR) is 53.2 cm³/mol. The highest BCUT2D eigenvalue weighted by atomic mass is 35.6. The van der Waals surface area contributed by atoms with Gasteiger partial charge in [0.05, 0.1) is 5.69 Å². The molecule has 1 atom stereocenters. The van der Waals surface area contributed by atoms with Gasteiger partial charge < -0.3 is 5.11 Å². The van der Waals surface area contributed by atoms with Crippen molar-refractivity contribution in [1.29, 1.82) is 0 Å². The summed E-state index contributed by atoms with van der Waals surface area (Å²) in [6, 6.07) is 0. The van der Waals surface area contributed by atoms with Crippen LogP contribution in [0.1, 0.15) is 17.4 Å². The van der Waals surface area contributed by atoms with Crippen molar-refractivity contribution >= 4 is 34.8 Å². The van der Waals surface area contributed by atoms with E-state index in [0.29, 0.717) is 11.3 Å². The van der Waals surface area contributed by atoms with Crippen molar-refractivity contribution in [2.24, 2.45) is 7.05 Å². The zero-order valence-corrected chi connectivity index (χ0v) is 9.40. The Morgan fingerprint density at radius 2 is 2.08 bits per heavy atom. The Morgan fingerprint density at radius 1 is 1.54 bits per heavy atom. The highest BCUT2D eigenvalue weighted by Gasteiger charge is 2.34. The molecule has 0 radical (unpaired) electrons. The summed E-state index contributed by atoms with van der Waals surface area (Å²) in [7, 11) is 1.74. The lowest BCUT2D eigenvalue weighted by atomic mass is 10.2. The number of aromatic nitrogens is 2. The van der Waals surface area contributed by atoms with Crippen LogP contribution in [0.3, 0.4) is 0 Å². The van der Waals surface area contributed by atoms with E-state index < -0.39 is 9.90 Å². The smallest absolute Gasteiger partial charge is 0.220 e. The van der Waals surface area contributed by atoms with Crippen LogP contribution in [-0.4, -0.2) is 18.7 Å². The van der Waals surface area contributed by atoms with Crippen LogP contribution in [0.25, 0.3) is 0 Å². The van der Waals surface area contributed by atoms with Crippen molar-refractivity contribution in [3.8, 4) is 0 Å². The summed E-state index contributed by atoms with van der Waals surface area (Å²) >= 11 is 16.6. The molecule has 0 aliphatic heterocycles. The standard InChI is InChI=1S/C7H9Cl3N2O/c1-4-5(3-12(2)11-4)6(13)7(8,9)10/h3,6,13H,1-2H3/t6-/m1/s1. The van der Waals surface area contributed by atoms with Gasteiger partial charge in [-0.05, 0) is 6.92 Å². The minimum Gasteiger partial charge on any atom is -0.384 e. The normalized spacial score (nSPS) is 14.6. The molecule has 0 spiro atoms. The molecular formula is C7H9Cl3N2O. The van der Waals surface area contributed by atoms with E-state index in [1.54, 1.807) is 24.9 Å². The summed E-state index contributed by atoms with van der Waals surface area (Å²) in [6.45, 7) is 1.74. The van der Waals surface area contributed by atoms with Gasteiger partial charge in [-0.2, -0.15) is 5.10 Å². The molecule has 0 unspecified atom stereocenters. The van der Waals surface area contributed by atoms with Crippen molar-refractivity contribution in [3.05, 3.63) is 17.5 Å². The van der Waals surface area contributed by atoms with Crippen LogP contribution in [0.15, 0.2) is 6.20 Å². The average Bonchev–Trinajstić information content (AvgIpc) is 2.26. The van der Waals surface area contributed by atoms with Crippen LogP contribution in [0, 0.1) is 6.92 Å². The number of aliphatic hydroxyl groups is 1. The third kappa shape index (κ3) is 2.50. The summed E-state index contributed by atoms with van der Waals surface area (Å²) < 4.78 is -0.155. The van der Waals surface area contributed by atoms with Crippen molar-refractivity contribution in [2.75, 3.05) is 0 Å². The van der Waals surface area contributed by atoms with Gasteiger partial charge in [-0.15, -0.1) is 0 Å². The fraction of sp³-hybridized carbons (Fsp3) is 0.571. The fourth-order valence-corrected chi connectivity index (χ4v) is 1.42. The molecule has 1 aromatic heterocycles. The Bertz CT molecular complexity index is 305. The largest absolute Gasteiger partial charge is 0.384 e. The molecule has 74 valence electrons. The van der Waals surface area contributed by atoms with E-state index in [2.05, 4.69) is 5.10 Å². The number of halogens is 3. The first-order valence-corrected chi connectivity index (χ1v) is 4.70. The molecule has 0 fully saturated rings. The first kappa shape index (κ1) is 11.1. The molecule has 0 saturated carbocycles. The molecule has 0 aliphatic carbocycles. The molecule has 6 heteroatoms. The van der Waals surface area contributed by atoms with E-state index in [9.17, 15) is 5.11 Å². The van der Waals surface area contributed by atoms with Gasteiger partial charge in [-0.1, -0.05) is 34.8 Å². The Hall–Kier alpha value is 0.0400. The minimum absolute atomic E-state index is 0.530. The molecule has 1 N–H and O–H groups in total. The van der Waals surface area contributed by atoms with Gasteiger partial charge in [-0.3, -0.25) is 4.68 Å². The molecule has 1 heterocycles. The SMILES string of the molecule is Cc1nn(C)cc1[C@@H](O)C(Cl)(Cl)Cl. The number of rotatable bonds is 1. The summed E-state index contributed by atoms with van der Waals surface area (Å²) in [6.07, 6.45) is 0.480. The lowest BCUT2D eigenvalue weighted by Gasteiger charge is -2.17. The highest BCUT2D eigenvalue weighted by molar-refractivity contribution is 6.68. The van der Waals surface area contributed by atoms with E-state index in [-0.39, 0.29) is 0 Å². The third-order valence-electron chi connectivity index (χ3n) is 1.66. The van der Waals surface area contributed by atoms with Crippen LogP contribution >= 0.6 is 34.8 Å². The van der Waals surface area contributed by atoms with E-state index in [4.69, 9.17) is 34.8 Å². The first-order valence-electron chi connectivity index (χ1n) is 3.57. The average molecular weight is 244 g/mol. The summed E-state index contributed by atoms with van der Waals surface area (Å²) in [5.74, 6) is 0. The zero-order valence-electron chi connectivity index (χ0n) is 7.13. The molecule has 1 aromatic rings. The van der Waals surface area contributed by atoms with Crippen LogP contribution in [0.4, 0.5) is 0 Å². The van der Waals surface area contributed by atoms with Crippen molar-refractivity contribution < 1.29 is 5.11 Å². The van der Waals surface area contributed by atoms with Gasteiger partial charge in [0.2, 0.25) is 3.79 Å². The third-order valence-corrected chi connectivity index (χ3v) is 2.28. The topological polar surface area (TPSA) is 38.0 Å². The number of alkyl halides is 3. The van der Waals surface area contributed by atoms with Crippen molar-refractivity contribution in [2.45, 2.75) is 16.8 Å². The monoisotopic (exact) mass is 242 g/mol. The molecule has 3 nitrogen and oxygen atoms in total. The van der Waals surface area contributed by atoms with Gasteiger partial charge in [0.15, 0.2) is 0 Å². The number of aryl methyl sites for hydroxylation is 2. The van der Waals surface area contributed by atoms with Crippen molar-refractivity contribution in [1.82, 2.24) is 9.78 Å². The Kier molecular flexibility index (Phi) is 3.12. The Balaban J connectivity index is 3.01. The van der Waals surface area contributed by atoms with Gasteiger partial charge >= 0.3 is 0 Å². The first-order chi connectivity index (χ1) is 5.82. The van der Waals surface area contributed by atoms with E-state index in [1.807, 2.05) is 0 Å². The summed E-state index contributed by atoms with van der Waals surface area (Å²) in [4.78, 5) is 0. The molecule has 0 aliphatic rings. The molecular weight excluding hydrogens is 234 g/mol. The predicted octanol–water partition coefficient (Wildman–Crippen LogP) is 2.13. The van der Waals surface area contributed by atoms with Gasteiger partial charge in [0.1, 0.15) is 6.10 Å². The van der Waals surface area contributed by atoms with E-state index in [0.717, 1.165) is 0 Å². The zero-order chi connectivity index (χ0) is 10.2.